The molecule has 0 fully saturated rings. The van der Waals surface area contributed by atoms with Crippen molar-refractivity contribution < 1.29 is 28.7 Å². The fourth-order valence-corrected chi connectivity index (χ4v) is 5.41. The number of H-pyrrole nitrogens is 1. The maximum absolute atomic E-state index is 13.8. The molecule has 0 spiro atoms. The number of hydrogen-bond donors (Lipinski definition) is 6. The van der Waals surface area contributed by atoms with E-state index in [1.807, 2.05) is 44.2 Å². The minimum atomic E-state index is -1.26. The molecule has 1 aliphatic heterocycles. The van der Waals surface area contributed by atoms with E-state index in [1.165, 1.54) is 12.5 Å². The Labute approximate surface area is 286 Å². The Balaban J connectivity index is 1.62. The smallest absolute Gasteiger partial charge is 0.255 e. The monoisotopic (exact) mass is 674 g/mol. The Bertz CT molecular complexity index is 1530. The van der Waals surface area contributed by atoms with Gasteiger partial charge in [-0.3, -0.25) is 24.0 Å². The highest BCUT2D eigenvalue weighted by atomic mass is 16.5. The summed E-state index contributed by atoms with van der Waals surface area (Å²) >= 11 is 0. The first-order valence-electron chi connectivity index (χ1n) is 16.7. The van der Waals surface area contributed by atoms with Crippen molar-refractivity contribution in [2.24, 2.45) is 0 Å². The summed E-state index contributed by atoms with van der Waals surface area (Å²) in [4.78, 5) is 76.8. The zero-order valence-corrected chi connectivity index (χ0v) is 28.0. The van der Waals surface area contributed by atoms with Gasteiger partial charge in [-0.2, -0.15) is 0 Å². The largest absolute Gasteiger partial charge is 0.493 e. The number of nitrogens with one attached hydrogen (secondary N) is 6. The fourth-order valence-electron chi connectivity index (χ4n) is 5.41. The molecule has 1 aliphatic rings. The van der Waals surface area contributed by atoms with Crippen LogP contribution in [-0.4, -0.2) is 102 Å². The predicted octanol–water partition coefficient (Wildman–Crippen LogP) is 0.710. The van der Waals surface area contributed by atoms with Gasteiger partial charge in [0.05, 0.1) is 24.9 Å². The van der Waals surface area contributed by atoms with E-state index < -0.39 is 54.1 Å². The highest BCUT2D eigenvalue weighted by Crippen LogP contribution is 2.19. The average molecular weight is 675 g/mol. The van der Waals surface area contributed by atoms with E-state index in [0.29, 0.717) is 31.0 Å². The summed E-state index contributed by atoms with van der Waals surface area (Å²) in [7, 11) is 0. The number of ether oxygens (including phenoxy) is 1. The van der Waals surface area contributed by atoms with Crippen molar-refractivity contribution in [3.63, 3.8) is 0 Å². The molecule has 2 aromatic carbocycles. The van der Waals surface area contributed by atoms with Gasteiger partial charge >= 0.3 is 0 Å². The van der Waals surface area contributed by atoms with Crippen molar-refractivity contribution in [1.82, 2.24) is 41.5 Å². The molecule has 0 aliphatic carbocycles. The summed E-state index contributed by atoms with van der Waals surface area (Å²) in [5.74, 6) is -2.49. The number of hydrogen-bond acceptors (Lipinski definition) is 8. The van der Waals surface area contributed by atoms with Crippen molar-refractivity contribution in [3.05, 3.63) is 83.9 Å². The number of likely N-dealkylation sites (N-methyl/N-ethyl adjacent to an activating group) is 1. The van der Waals surface area contributed by atoms with Crippen LogP contribution in [0.2, 0.25) is 0 Å². The lowest BCUT2D eigenvalue weighted by Crippen LogP contribution is -2.56. The first-order chi connectivity index (χ1) is 23.8. The van der Waals surface area contributed by atoms with E-state index in [-0.39, 0.29) is 31.6 Å². The number of imidazole rings is 1. The second kappa shape index (κ2) is 18.9. The second-order valence-electron chi connectivity index (χ2n) is 11.7. The van der Waals surface area contributed by atoms with Crippen LogP contribution in [-0.2, 0) is 32.0 Å². The van der Waals surface area contributed by atoms with Crippen LogP contribution in [0.3, 0.4) is 0 Å². The van der Waals surface area contributed by atoms with Crippen molar-refractivity contribution in [3.8, 4) is 5.75 Å². The van der Waals surface area contributed by atoms with Gasteiger partial charge in [-0.15, -0.1) is 0 Å². The molecule has 1 aromatic heterocycles. The molecule has 0 radical (unpaired) electrons. The third kappa shape index (κ3) is 11.5. The van der Waals surface area contributed by atoms with E-state index in [4.69, 9.17) is 4.74 Å². The van der Waals surface area contributed by atoms with Crippen molar-refractivity contribution in [2.75, 3.05) is 39.3 Å². The minimum absolute atomic E-state index is 0.0368. The number of para-hydroxylation sites is 1. The third-order valence-electron chi connectivity index (χ3n) is 8.19. The molecule has 2 heterocycles. The lowest BCUT2D eigenvalue weighted by Gasteiger charge is -2.25. The Hall–Kier alpha value is -5.24. The van der Waals surface area contributed by atoms with Crippen LogP contribution < -0.4 is 31.3 Å². The second-order valence-corrected chi connectivity index (χ2v) is 11.7. The predicted molar refractivity (Wildman–Crippen MR) is 183 cm³/mol. The highest BCUT2D eigenvalue weighted by Gasteiger charge is 2.31. The molecule has 4 rings (SSSR count). The number of carbonyl (C=O) groups is 5. The van der Waals surface area contributed by atoms with Gasteiger partial charge in [0.15, 0.2) is 0 Å². The van der Waals surface area contributed by atoms with Crippen LogP contribution in [0.5, 0.6) is 5.75 Å². The van der Waals surface area contributed by atoms with Crippen molar-refractivity contribution >= 4 is 29.5 Å². The van der Waals surface area contributed by atoms with Gasteiger partial charge in [-0.25, -0.2) is 4.98 Å². The van der Waals surface area contributed by atoms with Gasteiger partial charge in [-0.1, -0.05) is 56.3 Å². The molecule has 0 unspecified atom stereocenters. The highest BCUT2D eigenvalue weighted by molar-refractivity contribution is 6.01. The molecule has 3 aromatic rings. The first kappa shape index (κ1) is 36.6. The van der Waals surface area contributed by atoms with E-state index >= 15 is 0 Å². The SMILES string of the molecule is CCN(CC)CCNC(=O)[C@@H]1CC(=O)N[C@@H](Cc2cnc[nH]2)C(=O)N[C@@H](Cc2ccccc2)C(=O)NCCCOc2ccccc2C(=O)N1. The normalized spacial score (nSPS) is 19.6. The van der Waals surface area contributed by atoms with Crippen molar-refractivity contribution in [2.45, 2.75) is 57.7 Å². The number of carbonyl (C=O) groups excluding carboxylic acids is 5. The number of aromatic amines is 1. The first-order valence-corrected chi connectivity index (χ1v) is 16.7. The van der Waals surface area contributed by atoms with Crippen LogP contribution in [0.25, 0.3) is 0 Å². The lowest BCUT2D eigenvalue weighted by atomic mass is 10.0. The number of amides is 5. The van der Waals surface area contributed by atoms with E-state index in [9.17, 15) is 24.0 Å². The van der Waals surface area contributed by atoms with E-state index in [1.54, 1.807) is 24.3 Å². The summed E-state index contributed by atoms with van der Waals surface area (Å²) in [5, 5.41) is 13.9. The Morgan fingerprint density at radius 1 is 0.918 bits per heavy atom. The molecule has 0 bridgehead atoms. The Kier molecular flexibility index (Phi) is 14.1. The van der Waals surface area contributed by atoms with E-state index in [0.717, 1.165) is 18.7 Å². The van der Waals surface area contributed by atoms with Crippen LogP contribution >= 0.6 is 0 Å². The molecule has 3 atom stereocenters. The molecular formula is C35H46N8O6. The third-order valence-corrected chi connectivity index (χ3v) is 8.19. The molecule has 262 valence electrons. The van der Waals surface area contributed by atoms with Gasteiger partial charge in [0.1, 0.15) is 23.9 Å². The number of benzene rings is 2. The average Bonchev–Trinajstić information content (AvgIpc) is 3.62. The fraction of sp³-hybridized carbons (Fsp3) is 0.429. The maximum atomic E-state index is 13.8. The number of fused-ring (bicyclic) bond motifs is 1. The summed E-state index contributed by atoms with van der Waals surface area (Å²) in [6.45, 7) is 6.98. The van der Waals surface area contributed by atoms with Gasteiger partial charge in [0, 0.05) is 44.4 Å². The number of rotatable bonds is 10. The van der Waals surface area contributed by atoms with Gasteiger partial charge in [0.25, 0.3) is 5.91 Å². The van der Waals surface area contributed by atoms with E-state index in [2.05, 4.69) is 41.5 Å². The lowest BCUT2D eigenvalue weighted by molar-refractivity contribution is -0.133. The molecule has 6 N–H and O–H groups in total. The molecule has 14 nitrogen and oxygen atoms in total. The molecule has 14 heteroatoms. The standard InChI is InChI=1S/C35H46N8O6/c1-3-43(4-2)17-16-38-34(47)29-21-31(44)40-28(20-25-22-36-23-39-25)35(48)42-27(19-24-11-6-5-7-12-24)33(46)37-15-10-18-49-30-14-9-8-13-26(30)32(45)41-29/h5-9,11-14,22-23,27-29H,3-4,10,15-21H2,1-2H3,(H,36,39)(H,37,46)(H,38,47)(H,40,44)(H,41,45)(H,42,48)/t27-,28-,29-/m0/s1. The quantitative estimate of drug-likeness (QED) is 0.182. The summed E-state index contributed by atoms with van der Waals surface area (Å²) in [6.07, 6.45) is 3.21. The number of aromatic nitrogens is 2. The van der Waals surface area contributed by atoms with Gasteiger partial charge < -0.3 is 41.2 Å². The molecular weight excluding hydrogens is 628 g/mol. The molecule has 0 saturated carbocycles. The topological polar surface area (TPSA) is 187 Å². The molecule has 49 heavy (non-hydrogen) atoms. The summed E-state index contributed by atoms with van der Waals surface area (Å²) in [6, 6.07) is 12.6. The Morgan fingerprint density at radius 3 is 2.39 bits per heavy atom. The van der Waals surface area contributed by atoms with Gasteiger partial charge in [0.2, 0.25) is 23.6 Å². The summed E-state index contributed by atoms with van der Waals surface area (Å²) < 4.78 is 5.90. The zero-order valence-electron chi connectivity index (χ0n) is 28.0. The molecule has 0 saturated heterocycles. The van der Waals surface area contributed by atoms with Crippen LogP contribution in [0, 0.1) is 0 Å². The number of nitrogens with zero attached hydrogens (tertiary/aromatic N) is 2. The van der Waals surface area contributed by atoms with Crippen molar-refractivity contribution in [1.29, 1.82) is 0 Å². The Morgan fingerprint density at radius 2 is 1.65 bits per heavy atom. The summed E-state index contributed by atoms with van der Waals surface area (Å²) in [5.41, 5.74) is 1.60. The maximum Gasteiger partial charge on any atom is 0.255 e. The minimum Gasteiger partial charge on any atom is -0.493 e. The molecule has 5 amide bonds. The van der Waals surface area contributed by atoms with Crippen LogP contribution in [0.1, 0.15) is 48.3 Å². The van der Waals surface area contributed by atoms with Crippen LogP contribution in [0.15, 0.2) is 67.1 Å². The zero-order chi connectivity index (χ0) is 35.0. The van der Waals surface area contributed by atoms with Crippen LogP contribution in [0.4, 0.5) is 0 Å². The van der Waals surface area contributed by atoms with Gasteiger partial charge in [-0.05, 0) is 37.2 Å².